The van der Waals surface area contributed by atoms with Gasteiger partial charge in [-0.05, 0) is 19.8 Å². The number of carboxylic acids is 1. The SMILES string of the molecule is CO[C@@H]1CCO[C@]2(CCN([C@@H](C)C(=O)O)C2)C1. The molecule has 0 bridgehead atoms. The number of hydrogen-bond donors (Lipinski definition) is 1. The van der Waals surface area contributed by atoms with Gasteiger partial charge in [0.25, 0.3) is 0 Å². The molecule has 2 rings (SSSR count). The number of nitrogens with zero attached hydrogens (tertiary/aromatic N) is 1. The van der Waals surface area contributed by atoms with Crippen LogP contribution in [0.2, 0.25) is 0 Å². The lowest BCUT2D eigenvalue weighted by molar-refractivity contribution is -0.144. The number of ether oxygens (including phenoxy) is 2. The van der Waals surface area contributed by atoms with Gasteiger partial charge in [-0.2, -0.15) is 0 Å². The molecule has 2 aliphatic rings. The molecule has 0 aromatic heterocycles. The topological polar surface area (TPSA) is 59.0 Å². The highest BCUT2D eigenvalue weighted by Gasteiger charge is 2.45. The van der Waals surface area contributed by atoms with E-state index in [4.69, 9.17) is 14.6 Å². The minimum atomic E-state index is -0.763. The molecule has 0 aromatic carbocycles. The van der Waals surface area contributed by atoms with Crippen LogP contribution in [0.4, 0.5) is 0 Å². The maximum atomic E-state index is 11.0. The molecule has 5 heteroatoms. The largest absolute Gasteiger partial charge is 0.480 e. The maximum absolute atomic E-state index is 11.0. The second-order valence-electron chi connectivity index (χ2n) is 5.12. The van der Waals surface area contributed by atoms with Crippen molar-refractivity contribution in [2.45, 2.75) is 43.9 Å². The molecule has 17 heavy (non-hydrogen) atoms. The van der Waals surface area contributed by atoms with Crippen molar-refractivity contribution < 1.29 is 19.4 Å². The normalized spacial score (nSPS) is 36.2. The lowest BCUT2D eigenvalue weighted by Crippen LogP contribution is -2.46. The maximum Gasteiger partial charge on any atom is 0.320 e. The predicted molar refractivity (Wildman–Crippen MR) is 62.0 cm³/mol. The molecule has 0 unspecified atom stereocenters. The molecule has 2 heterocycles. The number of methoxy groups -OCH3 is 1. The molecule has 2 aliphatic heterocycles. The lowest BCUT2D eigenvalue weighted by atomic mass is 9.91. The van der Waals surface area contributed by atoms with Crippen LogP contribution in [0, 0.1) is 0 Å². The number of rotatable bonds is 3. The van der Waals surface area contributed by atoms with Gasteiger partial charge in [-0.15, -0.1) is 0 Å². The average Bonchev–Trinajstić information content (AvgIpc) is 2.71. The summed E-state index contributed by atoms with van der Waals surface area (Å²) in [5, 5.41) is 9.02. The van der Waals surface area contributed by atoms with Gasteiger partial charge in [-0.3, -0.25) is 9.69 Å². The molecule has 1 N–H and O–H groups in total. The van der Waals surface area contributed by atoms with Crippen LogP contribution >= 0.6 is 0 Å². The van der Waals surface area contributed by atoms with Crippen LogP contribution in [0.1, 0.15) is 26.2 Å². The van der Waals surface area contributed by atoms with Crippen LogP contribution in [0.25, 0.3) is 0 Å². The van der Waals surface area contributed by atoms with Gasteiger partial charge in [0, 0.05) is 33.2 Å². The van der Waals surface area contributed by atoms with E-state index in [0.717, 1.165) is 25.8 Å². The third-order valence-electron chi connectivity index (χ3n) is 4.03. The van der Waals surface area contributed by atoms with Gasteiger partial charge in [0.05, 0.1) is 11.7 Å². The zero-order valence-electron chi connectivity index (χ0n) is 10.5. The number of aliphatic carboxylic acids is 1. The minimum absolute atomic E-state index is 0.178. The van der Waals surface area contributed by atoms with E-state index in [2.05, 4.69) is 0 Å². The van der Waals surface area contributed by atoms with Crippen LogP contribution in [-0.2, 0) is 14.3 Å². The van der Waals surface area contributed by atoms with E-state index in [9.17, 15) is 4.79 Å². The van der Waals surface area contributed by atoms with Gasteiger partial charge in [0.1, 0.15) is 6.04 Å². The number of hydrogen-bond acceptors (Lipinski definition) is 4. The summed E-state index contributed by atoms with van der Waals surface area (Å²) in [5.74, 6) is -0.763. The van der Waals surface area contributed by atoms with Gasteiger partial charge < -0.3 is 14.6 Å². The Kier molecular flexibility index (Phi) is 3.70. The Morgan fingerprint density at radius 1 is 1.65 bits per heavy atom. The lowest BCUT2D eigenvalue weighted by Gasteiger charge is -2.38. The Morgan fingerprint density at radius 2 is 2.41 bits per heavy atom. The summed E-state index contributed by atoms with van der Waals surface area (Å²) < 4.78 is 11.3. The molecular formula is C12H21NO4. The highest BCUT2D eigenvalue weighted by molar-refractivity contribution is 5.72. The van der Waals surface area contributed by atoms with Crippen molar-refractivity contribution in [3.05, 3.63) is 0 Å². The fourth-order valence-corrected chi connectivity index (χ4v) is 2.83. The van der Waals surface area contributed by atoms with Crippen molar-refractivity contribution in [1.29, 1.82) is 0 Å². The van der Waals surface area contributed by atoms with Crippen molar-refractivity contribution in [3.63, 3.8) is 0 Å². The van der Waals surface area contributed by atoms with Crippen LogP contribution in [0.3, 0.4) is 0 Å². The quantitative estimate of drug-likeness (QED) is 0.792. The van der Waals surface area contributed by atoms with Crippen LogP contribution in [0.15, 0.2) is 0 Å². The molecule has 3 atom stereocenters. The molecule has 1 spiro atoms. The molecule has 2 saturated heterocycles. The van der Waals surface area contributed by atoms with E-state index in [1.165, 1.54) is 0 Å². The van der Waals surface area contributed by atoms with Gasteiger partial charge in [0.2, 0.25) is 0 Å². The zero-order valence-corrected chi connectivity index (χ0v) is 10.5. The summed E-state index contributed by atoms with van der Waals surface area (Å²) in [6, 6.07) is -0.430. The van der Waals surface area contributed by atoms with Crippen LogP contribution in [-0.4, -0.2) is 60.5 Å². The second kappa shape index (κ2) is 4.92. The second-order valence-corrected chi connectivity index (χ2v) is 5.12. The van der Waals surface area contributed by atoms with E-state index in [1.807, 2.05) is 4.90 Å². The van der Waals surface area contributed by atoms with E-state index >= 15 is 0 Å². The molecule has 98 valence electrons. The van der Waals surface area contributed by atoms with Crippen molar-refractivity contribution in [3.8, 4) is 0 Å². The van der Waals surface area contributed by atoms with Gasteiger partial charge in [-0.1, -0.05) is 0 Å². The van der Waals surface area contributed by atoms with E-state index in [1.54, 1.807) is 14.0 Å². The predicted octanol–water partition coefficient (Wildman–Crippen LogP) is 0.729. The van der Waals surface area contributed by atoms with Crippen molar-refractivity contribution in [1.82, 2.24) is 4.90 Å². The standard InChI is InChI=1S/C12H21NO4/c1-9(11(14)15)13-5-4-12(8-13)7-10(16-2)3-6-17-12/h9-10H,3-8H2,1-2H3,(H,14,15)/t9-,10+,12+/m0/s1. The molecule has 2 fully saturated rings. The number of carboxylic acid groups (broad SMARTS) is 1. The molecular weight excluding hydrogens is 222 g/mol. The first-order valence-electron chi connectivity index (χ1n) is 6.20. The Morgan fingerprint density at radius 3 is 3.06 bits per heavy atom. The first kappa shape index (κ1) is 12.8. The van der Waals surface area contributed by atoms with Gasteiger partial charge >= 0.3 is 5.97 Å². The molecule has 5 nitrogen and oxygen atoms in total. The van der Waals surface area contributed by atoms with Gasteiger partial charge in [0.15, 0.2) is 0 Å². The number of carbonyl (C=O) groups is 1. The van der Waals surface area contributed by atoms with Crippen LogP contribution in [0.5, 0.6) is 0 Å². The van der Waals surface area contributed by atoms with Crippen molar-refractivity contribution >= 4 is 5.97 Å². The fourth-order valence-electron chi connectivity index (χ4n) is 2.83. The summed E-state index contributed by atoms with van der Waals surface area (Å²) in [6.45, 7) is 3.95. The summed E-state index contributed by atoms with van der Waals surface area (Å²) in [5.41, 5.74) is -0.178. The first-order valence-corrected chi connectivity index (χ1v) is 6.20. The fraction of sp³-hybridized carbons (Fsp3) is 0.917. The molecule has 0 amide bonds. The minimum Gasteiger partial charge on any atom is -0.480 e. The molecule has 0 aromatic rings. The van der Waals surface area contributed by atoms with Crippen molar-refractivity contribution in [2.24, 2.45) is 0 Å². The first-order chi connectivity index (χ1) is 8.06. The Balaban J connectivity index is 1.98. The average molecular weight is 243 g/mol. The summed E-state index contributed by atoms with van der Waals surface area (Å²) in [6.07, 6.45) is 2.98. The summed E-state index contributed by atoms with van der Waals surface area (Å²) in [7, 11) is 1.73. The molecule has 0 aliphatic carbocycles. The monoisotopic (exact) mass is 243 g/mol. The highest BCUT2D eigenvalue weighted by atomic mass is 16.5. The van der Waals surface area contributed by atoms with Gasteiger partial charge in [-0.25, -0.2) is 0 Å². The van der Waals surface area contributed by atoms with Crippen LogP contribution < -0.4 is 0 Å². The zero-order chi connectivity index (χ0) is 12.5. The molecule has 0 saturated carbocycles. The van der Waals surface area contributed by atoms with E-state index < -0.39 is 12.0 Å². The summed E-state index contributed by atoms with van der Waals surface area (Å²) >= 11 is 0. The third-order valence-corrected chi connectivity index (χ3v) is 4.03. The summed E-state index contributed by atoms with van der Waals surface area (Å²) in [4.78, 5) is 13.0. The third kappa shape index (κ3) is 2.61. The van der Waals surface area contributed by atoms with E-state index in [-0.39, 0.29) is 11.7 Å². The Hall–Kier alpha value is -0.650. The highest BCUT2D eigenvalue weighted by Crippen LogP contribution is 2.35. The smallest absolute Gasteiger partial charge is 0.320 e. The number of likely N-dealkylation sites (tertiary alicyclic amines) is 1. The molecule has 0 radical (unpaired) electrons. The Labute approximate surface area is 102 Å². The van der Waals surface area contributed by atoms with Crippen molar-refractivity contribution in [2.75, 3.05) is 26.8 Å². The Bertz CT molecular complexity index is 296. The van der Waals surface area contributed by atoms with E-state index in [0.29, 0.717) is 13.2 Å².